The van der Waals surface area contributed by atoms with Gasteiger partial charge in [-0.05, 0) is 41.5 Å². The molecule has 0 saturated heterocycles. The van der Waals surface area contributed by atoms with E-state index in [1.807, 2.05) is 48.5 Å². The van der Waals surface area contributed by atoms with E-state index in [9.17, 15) is 8.42 Å². The van der Waals surface area contributed by atoms with Crippen LogP contribution >= 0.6 is 0 Å². The van der Waals surface area contributed by atoms with Crippen LogP contribution in [0.3, 0.4) is 0 Å². The van der Waals surface area contributed by atoms with Crippen molar-refractivity contribution in [1.29, 1.82) is 0 Å². The summed E-state index contributed by atoms with van der Waals surface area (Å²) < 4.78 is 40.9. The number of methoxy groups -OCH3 is 2. The number of ether oxygens (including phenoxy) is 2. The van der Waals surface area contributed by atoms with E-state index in [0.717, 1.165) is 11.1 Å². The van der Waals surface area contributed by atoms with Gasteiger partial charge < -0.3 is 9.47 Å². The Morgan fingerprint density at radius 3 is 1.94 bits per heavy atom. The number of hydrogen-bond donors (Lipinski definition) is 0. The van der Waals surface area contributed by atoms with Gasteiger partial charge in [0.15, 0.2) is 10.7 Å². The topological polar surface area (TPSA) is 98.4 Å². The summed E-state index contributed by atoms with van der Waals surface area (Å²) >= 11 is 0. The molecule has 2 heterocycles. The fraction of sp³-hybridized carbons (Fsp3) is 0.346. The number of benzene rings is 2. The first kappa shape index (κ1) is 25.4. The van der Waals surface area contributed by atoms with Gasteiger partial charge in [0, 0.05) is 45.1 Å². The van der Waals surface area contributed by atoms with Crippen molar-refractivity contribution in [3.8, 4) is 23.8 Å². The number of sulfonamides is 1. The van der Waals surface area contributed by atoms with Crippen molar-refractivity contribution in [1.82, 2.24) is 14.1 Å². The first-order chi connectivity index (χ1) is 17.4. The highest BCUT2D eigenvalue weighted by atomic mass is 32.2. The first-order valence-corrected chi connectivity index (χ1v) is 13.0. The quantitative estimate of drug-likeness (QED) is 0.322. The molecule has 0 amide bonds. The van der Waals surface area contributed by atoms with Crippen molar-refractivity contribution >= 4 is 10.0 Å². The Morgan fingerprint density at radius 1 is 0.917 bits per heavy atom. The van der Waals surface area contributed by atoms with E-state index in [1.54, 1.807) is 25.1 Å². The zero-order valence-electron chi connectivity index (χ0n) is 20.4. The summed E-state index contributed by atoms with van der Waals surface area (Å²) in [6.07, 6.45) is 8.93. The highest BCUT2D eigenvalue weighted by Gasteiger charge is 2.39. The summed E-state index contributed by atoms with van der Waals surface area (Å²) in [5, 5.41) is 12.6. The van der Waals surface area contributed by atoms with Gasteiger partial charge in [-0.25, -0.2) is 8.42 Å². The van der Waals surface area contributed by atoms with Crippen LogP contribution in [-0.4, -0.2) is 42.4 Å². The van der Waals surface area contributed by atoms with Gasteiger partial charge in [-0.15, -0.1) is 12.3 Å². The molecule has 2 aromatic carbocycles. The third kappa shape index (κ3) is 6.11. The molecule has 10 heteroatoms. The molecule has 36 heavy (non-hydrogen) atoms. The molecule has 0 N–H and O–H groups in total. The monoisotopic (exact) mass is 507 g/mol. The van der Waals surface area contributed by atoms with E-state index in [0.29, 0.717) is 37.3 Å². The summed E-state index contributed by atoms with van der Waals surface area (Å²) in [6.45, 7) is 0.848. The molecule has 0 atom stereocenters. The second-order valence-corrected chi connectivity index (χ2v) is 10.4. The predicted molar refractivity (Wildman–Crippen MR) is 135 cm³/mol. The molecule has 4 rings (SSSR count). The van der Waals surface area contributed by atoms with Crippen molar-refractivity contribution in [2.75, 3.05) is 14.2 Å². The zero-order valence-corrected chi connectivity index (χ0v) is 21.2. The van der Waals surface area contributed by atoms with Gasteiger partial charge in [0.1, 0.15) is 11.5 Å². The van der Waals surface area contributed by atoms with E-state index in [2.05, 4.69) is 21.2 Å². The molecular formula is C26H29N5O4S. The molecule has 0 fully saturated rings. The van der Waals surface area contributed by atoms with Gasteiger partial charge in [0.2, 0.25) is 0 Å². The highest BCUT2D eigenvalue weighted by molar-refractivity contribution is 7.89. The van der Waals surface area contributed by atoms with Gasteiger partial charge >= 0.3 is 0 Å². The average Bonchev–Trinajstić information content (AvgIpc) is 3.51. The molecule has 0 saturated carbocycles. The Bertz CT molecular complexity index is 1290. The lowest BCUT2D eigenvalue weighted by molar-refractivity contribution is 0.394. The standard InChI is InChI=1S/C26H29N5O4S/c1-4-5-15-26(28-29-26)16-18-30-17-14-25(27-30)36(32,33)31(19-21-6-10-23(34-2)11-7-21)20-22-8-12-24(35-3)13-9-22/h1,6-14,17H,5,15-16,18-20H2,2-3H3. The normalized spacial score (nSPS) is 13.9. The van der Waals surface area contributed by atoms with E-state index in [1.165, 1.54) is 10.4 Å². The van der Waals surface area contributed by atoms with Crippen LogP contribution in [0.1, 0.15) is 30.4 Å². The maximum absolute atomic E-state index is 13.7. The third-order valence-electron chi connectivity index (χ3n) is 6.05. The molecule has 0 aliphatic carbocycles. The highest BCUT2D eigenvalue weighted by Crippen LogP contribution is 2.37. The molecule has 188 valence electrons. The maximum Gasteiger partial charge on any atom is 0.262 e. The summed E-state index contributed by atoms with van der Waals surface area (Å²) in [5.74, 6) is 4.02. The Hall–Kier alpha value is -3.68. The van der Waals surface area contributed by atoms with Crippen molar-refractivity contribution in [2.45, 2.75) is 49.6 Å². The predicted octanol–water partition coefficient (Wildman–Crippen LogP) is 4.26. The van der Waals surface area contributed by atoms with E-state index in [-0.39, 0.29) is 18.1 Å². The number of nitrogens with zero attached hydrogens (tertiary/aromatic N) is 5. The van der Waals surface area contributed by atoms with Gasteiger partial charge in [0.25, 0.3) is 10.0 Å². The van der Waals surface area contributed by atoms with Crippen LogP contribution in [0.25, 0.3) is 0 Å². The van der Waals surface area contributed by atoms with Crippen molar-refractivity contribution < 1.29 is 17.9 Å². The minimum atomic E-state index is -3.89. The second kappa shape index (κ2) is 10.9. The Morgan fingerprint density at radius 2 is 1.47 bits per heavy atom. The maximum atomic E-state index is 13.7. The largest absolute Gasteiger partial charge is 0.497 e. The van der Waals surface area contributed by atoms with Crippen LogP contribution in [0.2, 0.25) is 0 Å². The molecule has 0 bridgehead atoms. The van der Waals surface area contributed by atoms with Crippen LogP contribution in [0, 0.1) is 12.3 Å². The van der Waals surface area contributed by atoms with Crippen molar-refractivity contribution in [2.24, 2.45) is 10.2 Å². The average molecular weight is 508 g/mol. The molecule has 1 aliphatic heterocycles. The molecule has 3 aromatic rings. The minimum absolute atomic E-state index is 0.00753. The summed E-state index contributed by atoms with van der Waals surface area (Å²) in [7, 11) is -0.712. The van der Waals surface area contributed by atoms with Crippen molar-refractivity contribution in [3.63, 3.8) is 0 Å². The molecule has 0 spiro atoms. The Labute approximate surface area is 211 Å². The van der Waals surface area contributed by atoms with Crippen LogP contribution in [-0.2, 0) is 29.7 Å². The lowest BCUT2D eigenvalue weighted by atomic mass is 10.0. The number of aryl methyl sites for hydroxylation is 1. The summed E-state index contributed by atoms with van der Waals surface area (Å²) in [6, 6.07) is 16.2. The summed E-state index contributed by atoms with van der Waals surface area (Å²) in [4.78, 5) is 0. The zero-order chi connectivity index (χ0) is 25.6. The molecule has 0 radical (unpaired) electrons. The smallest absolute Gasteiger partial charge is 0.262 e. The molecule has 1 aromatic heterocycles. The van der Waals surface area contributed by atoms with Crippen molar-refractivity contribution in [3.05, 3.63) is 71.9 Å². The SMILES string of the molecule is C#CCCC1(CCn2ccc(S(=O)(=O)N(Cc3ccc(OC)cc3)Cc3ccc(OC)cc3)n2)N=N1. The minimum Gasteiger partial charge on any atom is -0.497 e. The number of rotatable bonds is 13. The van der Waals surface area contributed by atoms with E-state index < -0.39 is 15.7 Å². The van der Waals surface area contributed by atoms with Gasteiger partial charge in [0.05, 0.1) is 14.2 Å². The van der Waals surface area contributed by atoms with Gasteiger partial charge in [-0.1, -0.05) is 24.3 Å². The number of aromatic nitrogens is 2. The first-order valence-electron chi connectivity index (χ1n) is 11.5. The van der Waals surface area contributed by atoms with Crippen LogP contribution < -0.4 is 9.47 Å². The van der Waals surface area contributed by atoms with E-state index in [4.69, 9.17) is 15.9 Å². The van der Waals surface area contributed by atoms with Crippen LogP contribution in [0.4, 0.5) is 0 Å². The van der Waals surface area contributed by atoms with Crippen LogP contribution in [0.5, 0.6) is 11.5 Å². The van der Waals surface area contributed by atoms with Crippen LogP contribution in [0.15, 0.2) is 76.0 Å². The third-order valence-corrected chi connectivity index (χ3v) is 7.73. The number of terminal acetylenes is 1. The lowest BCUT2D eigenvalue weighted by Gasteiger charge is -2.21. The molecule has 0 unspecified atom stereocenters. The van der Waals surface area contributed by atoms with Gasteiger partial charge in [-0.3, -0.25) is 4.68 Å². The molecule has 9 nitrogen and oxygen atoms in total. The molecular weight excluding hydrogens is 478 g/mol. The number of hydrogen-bond acceptors (Lipinski definition) is 7. The fourth-order valence-corrected chi connectivity index (χ4v) is 5.14. The lowest BCUT2D eigenvalue weighted by Crippen LogP contribution is -2.30. The molecule has 1 aliphatic rings. The Kier molecular flexibility index (Phi) is 7.72. The Balaban J connectivity index is 1.53. The summed E-state index contributed by atoms with van der Waals surface area (Å²) in [5.41, 5.74) is 1.21. The second-order valence-electron chi connectivity index (χ2n) is 8.52. The van der Waals surface area contributed by atoms with Gasteiger partial charge in [-0.2, -0.15) is 19.6 Å². The fourth-order valence-electron chi connectivity index (χ4n) is 3.79. The van der Waals surface area contributed by atoms with E-state index >= 15 is 0 Å².